The molecule has 3 rings (SSSR count). The Labute approximate surface area is 167 Å². The lowest BCUT2D eigenvalue weighted by Crippen LogP contribution is -2.34. The van der Waals surface area contributed by atoms with E-state index >= 15 is 0 Å². The van der Waals surface area contributed by atoms with Crippen LogP contribution in [0.4, 0.5) is 4.39 Å². The van der Waals surface area contributed by atoms with E-state index in [1.807, 2.05) is 18.2 Å². The number of hydrogen-bond acceptors (Lipinski definition) is 4. The van der Waals surface area contributed by atoms with Crippen LogP contribution < -0.4 is 4.74 Å². The van der Waals surface area contributed by atoms with Crippen LogP contribution in [0, 0.1) is 11.7 Å². The van der Waals surface area contributed by atoms with Gasteiger partial charge in [0.05, 0.1) is 13.7 Å². The van der Waals surface area contributed by atoms with Gasteiger partial charge >= 0.3 is 5.97 Å². The molecule has 2 aromatic carbocycles. The molecule has 4 nitrogen and oxygen atoms in total. The number of esters is 1. The second-order valence-corrected chi connectivity index (χ2v) is 6.86. The van der Waals surface area contributed by atoms with Crippen LogP contribution in [0.3, 0.4) is 0 Å². The molecule has 2 atom stereocenters. The Balaban J connectivity index is 2.13. The maximum atomic E-state index is 14.7. The molecule has 0 unspecified atom stereocenters. The number of benzene rings is 2. The summed E-state index contributed by atoms with van der Waals surface area (Å²) in [5.41, 5.74) is 1.53. The summed E-state index contributed by atoms with van der Waals surface area (Å²) in [4.78, 5) is 25.4. The molecule has 6 heteroatoms. The first-order valence-corrected chi connectivity index (χ1v) is 9.34. The van der Waals surface area contributed by atoms with E-state index in [2.05, 4.69) is 0 Å². The Hall–Kier alpha value is -2.66. The van der Waals surface area contributed by atoms with Gasteiger partial charge in [-0.3, -0.25) is 9.59 Å². The van der Waals surface area contributed by atoms with Gasteiger partial charge in [0.1, 0.15) is 17.5 Å². The van der Waals surface area contributed by atoms with Gasteiger partial charge in [-0.1, -0.05) is 35.9 Å². The van der Waals surface area contributed by atoms with Gasteiger partial charge in [0.15, 0.2) is 5.78 Å². The molecule has 0 aliphatic heterocycles. The number of carbonyl (C=O) groups is 2. The first kappa shape index (κ1) is 20.1. The number of halogens is 2. The standard InChI is InChI=1S/C22H20ClFO4/c1-3-28-22(26)21-15(20-16(23)8-6-9-17(20)24)11-13(12-18(21)25)14-7-4-5-10-19(14)27-2/h4-10,12,15,21H,3,11H2,1-2H3/t15-,21+/m1/s1. The van der Waals surface area contributed by atoms with E-state index in [4.69, 9.17) is 21.1 Å². The van der Waals surface area contributed by atoms with E-state index in [9.17, 15) is 14.0 Å². The molecule has 0 N–H and O–H groups in total. The van der Waals surface area contributed by atoms with Gasteiger partial charge in [0, 0.05) is 22.1 Å². The maximum Gasteiger partial charge on any atom is 0.317 e. The minimum absolute atomic E-state index is 0.128. The highest BCUT2D eigenvalue weighted by molar-refractivity contribution is 6.31. The maximum absolute atomic E-state index is 14.7. The van der Waals surface area contributed by atoms with E-state index in [0.717, 1.165) is 5.56 Å². The molecule has 0 heterocycles. The predicted molar refractivity (Wildman–Crippen MR) is 105 cm³/mol. The molecule has 0 spiro atoms. The van der Waals surface area contributed by atoms with Gasteiger partial charge in [-0.05, 0) is 43.2 Å². The smallest absolute Gasteiger partial charge is 0.317 e. The van der Waals surface area contributed by atoms with Crippen molar-refractivity contribution in [1.29, 1.82) is 0 Å². The zero-order chi connectivity index (χ0) is 20.3. The summed E-state index contributed by atoms with van der Waals surface area (Å²) in [7, 11) is 1.54. The Kier molecular flexibility index (Phi) is 6.15. The second-order valence-electron chi connectivity index (χ2n) is 6.45. The van der Waals surface area contributed by atoms with Crippen molar-refractivity contribution in [3.63, 3.8) is 0 Å². The number of hydrogen-bond donors (Lipinski definition) is 0. The molecule has 1 aliphatic rings. The summed E-state index contributed by atoms with van der Waals surface area (Å²) < 4.78 is 25.1. The average Bonchev–Trinajstić information content (AvgIpc) is 2.67. The van der Waals surface area contributed by atoms with Crippen LogP contribution in [0.25, 0.3) is 5.57 Å². The van der Waals surface area contributed by atoms with Crippen molar-refractivity contribution in [2.75, 3.05) is 13.7 Å². The Morgan fingerprint density at radius 3 is 2.64 bits per heavy atom. The lowest BCUT2D eigenvalue weighted by molar-refractivity contribution is -0.151. The number of ether oxygens (including phenoxy) is 2. The molecule has 0 bridgehead atoms. The number of carbonyl (C=O) groups excluding carboxylic acids is 2. The van der Waals surface area contributed by atoms with Crippen LogP contribution in [-0.4, -0.2) is 25.5 Å². The van der Waals surface area contributed by atoms with Crippen molar-refractivity contribution < 1.29 is 23.5 Å². The predicted octanol–water partition coefficient (Wildman–Crippen LogP) is 4.81. The summed E-state index contributed by atoms with van der Waals surface area (Å²) in [6, 6.07) is 11.6. The van der Waals surface area contributed by atoms with Crippen molar-refractivity contribution in [3.05, 3.63) is 70.5 Å². The topological polar surface area (TPSA) is 52.6 Å². The van der Waals surface area contributed by atoms with Crippen molar-refractivity contribution in [1.82, 2.24) is 0 Å². The molecular weight excluding hydrogens is 383 g/mol. The first-order valence-electron chi connectivity index (χ1n) is 8.96. The summed E-state index contributed by atoms with van der Waals surface area (Å²) in [5, 5.41) is 0.174. The van der Waals surface area contributed by atoms with Gasteiger partial charge in [0.2, 0.25) is 0 Å². The zero-order valence-corrected chi connectivity index (χ0v) is 16.3. The first-order chi connectivity index (χ1) is 13.5. The molecular formula is C22H20ClFO4. The molecule has 1 aliphatic carbocycles. The summed E-state index contributed by atoms with van der Waals surface area (Å²) >= 11 is 6.26. The summed E-state index contributed by atoms with van der Waals surface area (Å²) in [6.07, 6.45) is 1.67. The van der Waals surface area contributed by atoms with Crippen molar-refractivity contribution >= 4 is 28.9 Å². The molecule has 0 radical (unpaired) electrons. The molecule has 0 aromatic heterocycles. The molecule has 2 aromatic rings. The fraction of sp³-hybridized carbons (Fsp3) is 0.273. The van der Waals surface area contributed by atoms with Crippen molar-refractivity contribution in [2.24, 2.45) is 5.92 Å². The molecule has 0 fully saturated rings. The van der Waals surface area contributed by atoms with Gasteiger partial charge in [0.25, 0.3) is 0 Å². The van der Waals surface area contributed by atoms with Crippen LogP contribution in [0.2, 0.25) is 5.02 Å². The summed E-state index contributed by atoms with van der Waals surface area (Å²) in [6.45, 7) is 1.79. The van der Waals surface area contributed by atoms with Crippen molar-refractivity contribution in [3.8, 4) is 5.75 Å². The monoisotopic (exact) mass is 402 g/mol. The van der Waals surface area contributed by atoms with E-state index in [-0.39, 0.29) is 23.6 Å². The normalized spacial score (nSPS) is 19.1. The van der Waals surface area contributed by atoms with Crippen molar-refractivity contribution in [2.45, 2.75) is 19.3 Å². The van der Waals surface area contributed by atoms with Crippen LogP contribution in [0.15, 0.2) is 48.5 Å². The molecule has 0 saturated carbocycles. The fourth-order valence-electron chi connectivity index (χ4n) is 3.62. The number of para-hydroxylation sites is 1. The highest BCUT2D eigenvalue weighted by Crippen LogP contribution is 2.44. The van der Waals surface area contributed by atoms with E-state index in [1.165, 1.54) is 25.3 Å². The van der Waals surface area contributed by atoms with E-state index in [1.54, 1.807) is 19.1 Å². The third-order valence-corrected chi connectivity index (χ3v) is 5.16. The lowest BCUT2D eigenvalue weighted by atomic mass is 9.73. The minimum atomic E-state index is -1.15. The largest absolute Gasteiger partial charge is 0.496 e. The number of allylic oxidation sites excluding steroid dienone is 2. The Morgan fingerprint density at radius 1 is 1.21 bits per heavy atom. The second kappa shape index (κ2) is 8.57. The lowest BCUT2D eigenvalue weighted by Gasteiger charge is -2.30. The van der Waals surface area contributed by atoms with Crippen LogP contribution in [-0.2, 0) is 14.3 Å². The van der Waals surface area contributed by atoms with Crippen LogP contribution in [0.5, 0.6) is 5.75 Å². The third kappa shape index (κ3) is 3.80. The van der Waals surface area contributed by atoms with Crippen LogP contribution >= 0.6 is 11.6 Å². The number of rotatable bonds is 5. The quantitative estimate of drug-likeness (QED) is 0.532. The highest BCUT2D eigenvalue weighted by atomic mass is 35.5. The molecule has 0 saturated heterocycles. The molecule has 146 valence electrons. The third-order valence-electron chi connectivity index (χ3n) is 4.83. The number of ketones is 1. The van der Waals surface area contributed by atoms with Gasteiger partial charge in [-0.25, -0.2) is 4.39 Å². The average molecular weight is 403 g/mol. The Bertz CT molecular complexity index is 918. The minimum Gasteiger partial charge on any atom is -0.496 e. The van der Waals surface area contributed by atoms with Gasteiger partial charge < -0.3 is 9.47 Å². The van der Waals surface area contributed by atoms with E-state index < -0.39 is 29.4 Å². The van der Waals surface area contributed by atoms with Crippen LogP contribution in [0.1, 0.15) is 30.4 Å². The van der Waals surface area contributed by atoms with Gasteiger partial charge in [-0.15, -0.1) is 0 Å². The molecule has 28 heavy (non-hydrogen) atoms. The van der Waals surface area contributed by atoms with Gasteiger partial charge in [-0.2, -0.15) is 0 Å². The zero-order valence-electron chi connectivity index (χ0n) is 15.6. The highest BCUT2D eigenvalue weighted by Gasteiger charge is 2.42. The Morgan fingerprint density at radius 2 is 1.96 bits per heavy atom. The van der Waals surface area contributed by atoms with E-state index in [0.29, 0.717) is 11.3 Å². The fourth-order valence-corrected chi connectivity index (χ4v) is 3.92. The molecule has 0 amide bonds. The summed E-state index contributed by atoms with van der Waals surface area (Å²) in [5.74, 6) is -2.99. The number of methoxy groups -OCH3 is 1. The SMILES string of the molecule is CCOC(=O)[C@@H]1C(=O)C=C(c2ccccc2OC)C[C@@H]1c1c(F)cccc1Cl.